The van der Waals surface area contributed by atoms with E-state index in [1.165, 1.54) is 47.9 Å². The van der Waals surface area contributed by atoms with Crippen molar-refractivity contribution in [1.82, 2.24) is 0 Å². The van der Waals surface area contributed by atoms with Crippen LogP contribution in [0.25, 0.3) is 6.08 Å². The van der Waals surface area contributed by atoms with Crippen molar-refractivity contribution in [3.63, 3.8) is 0 Å². The van der Waals surface area contributed by atoms with E-state index >= 15 is 0 Å². The molecule has 0 heterocycles. The Balaban J connectivity index is 2.17. The molecule has 1 heteroatoms. The molecule has 0 spiro atoms. The molecule has 0 bridgehead atoms. The molecule has 0 aromatic heterocycles. The molecule has 1 aromatic rings. The number of unbranched alkanes of at least 4 members (excludes halogenated alkanes) is 2. The molecule has 1 nitrogen and oxygen atoms in total. The standard InChI is InChI=1S/C25H34O/c1-6-8-9-10-18-14-19-15-25(4,5)23-12-11-17(3)13-21(23)24(19)20(7-2)22(18)16-26/h7,13-14,16,21,23H,2,6,8-12,15H2,1,3-5H3. The Morgan fingerprint density at radius 3 is 2.69 bits per heavy atom. The van der Waals surface area contributed by atoms with Crippen LogP contribution >= 0.6 is 0 Å². The minimum Gasteiger partial charge on any atom is -0.298 e. The molecule has 0 aliphatic heterocycles. The van der Waals surface area contributed by atoms with Crippen LogP contribution in [-0.2, 0) is 12.8 Å². The molecule has 2 atom stereocenters. The average molecular weight is 351 g/mol. The number of allylic oxidation sites excluding steroid dienone is 2. The second-order valence-corrected chi connectivity index (χ2v) is 9.06. The zero-order valence-corrected chi connectivity index (χ0v) is 17.0. The van der Waals surface area contributed by atoms with Gasteiger partial charge in [0.25, 0.3) is 0 Å². The normalized spacial score (nSPS) is 23.6. The summed E-state index contributed by atoms with van der Waals surface area (Å²) >= 11 is 0. The van der Waals surface area contributed by atoms with Crippen LogP contribution < -0.4 is 0 Å². The minimum absolute atomic E-state index is 0.302. The second kappa shape index (κ2) is 7.55. The van der Waals surface area contributed by atoms with Crippen LogP contribution in [0.5, 0.6) is 0 Å². The first-order valence-electron chi connectivity index (χ1n) is 10.4. The fourth-order valence-corrected chi connectivity index (χ4v) is 5.38. The highest BCUT2D eigenvalue weighted by Crippen LogP contribution is 2.53. The van der Waals surface area contributed by atoms with Crippen LogP contribution in [0.2, 0.25) is 0 Å². The maximum absolute atomic E-state index is 12.0. The van der Waals surface area contributed by atoms with Gasteiger partial charge in [-0.05, 0) is 72.6 Å². The van der Waals surface area contributed by atoms with E-state index in [1.54, 1.807) is 0 Å². The fourth-order valence-electron chi connectivity index (χ4n) is 5.38. The summed E-state index contributed by atoms with van der Waals surface area (Å²) in [6.45, 7) is 13.4. The van der Waals surface area contributed by atoms with Gasteiger partial charge < -0.3 is 0 Å². The summed E-state index contributed by atoms with van der Waals surface area (Å²) in [7, 11) is 0. The number of hydrogen-bond acceptors (Lipinski definition) is 1. The summed E-state index contributed by atoms with van der Waals surface area (Å²) in [5.41, 5.74) is 7.87. The van der Waals surface area contributed by atoms with Crippen molar-refractivity contribution in [3.8, 4) is 0 Å². The number of aryl methyl sites for hydroxylation is 1. The van der Waals surface area contributed by atoms with Gasteiger partial charge in [0.05, 0.1) is 0 Å². The van der Waals surface area contributed by atoms with Crippen molar-refractivity contribution in [1.29, 1.82) is 0 Å². The Hall–Kier alpha value is -1.63. The number of hydrogen-bond donors (Lipinski definition) is 0. The third-order valence-corrected chi connectivity index (χ3v) is 6.72. The van der Waals surface area contributed by atoms with Gasteiger partial charge in [-0.15, -0.1) is 0 Å². The van der Waals surface area contributed by atoms with Gasteiger partial charge in [-0.3, -0.25) is 4.79 Å². The first-order chi connectivity index (χ1) is 12.4. The van der Waals surface area contributed by atoms with Gasteiger partial charge >= 0.3 is 0 Å². The van der Waals surface area contributed by atoms with Gasteiger partial charge in [-0.25, -0.2) is 0 Å². The fraction of sp³-hybridized carbons (Fsp3) is 0.560. The number of rotatable bonds is 6. The molecular formula is C25H34O. The van der Waals surface area contributed by atoms with Gasteiger partial charge in [0.1, 0.15) is 0 Å². The molecule has 2 aliphatic rings. The van der Waals surface area contributed by atoms with E-state index in [0.29, 0.717) is 17.3 Å². The van der Waals surface area contributed by atoms with Crippen LogP contribution in [0.3, 0.4) is 0 Å². The minimum atomic E-state index is 0.302. The van der Waals surface area contributed by atoms with Gasteiger partial charge in [0, 0.05) is 11.5 Å². The predicted molar refractivity (Wildman–Crippen MR) is 112 cm³/mol. The summed E-state index contributed by atoms with van der Waals surface area (Å²) < 4.78 is 0. The molecule has 140 valence electrons. The van der Waals surface area contributed by atoms with E-state index in [-0.39, 0.29) is 0 Å². The van der Waals surface area contributed by atoms with Crippen molar-refractivity contribution >= 4 is 12.4 Å². The first-order valence-corrected chi connectivity index (χ1v) is 10.4. The highest BCUT2D eigenvalue weighted by molar-refractivity contribution is 5.86. The van der Waals surface area contributed by atoms with Crippen LogP contribution in [-0.4, -0.2) is 6.29 Å². The zero-order chi connectivity index (χ0) is 18.9. The molecule has 2 unspecified atom stereocenters. The molecule has 0 radical (unpaired) electrons. The third kappa shape index (κ3) is 3.33. The number of fused-ring (bicyclic) bond motifs is 3. The quantitative estimate of drug-likeness (QED) is 0.310. The van der Waals surface area contributed by atoms with E-state index in [1.807, 2.05) is 6.08 Å². The molecule has 0 N–H and O–H groups in total. The Kier molecular flexibility index (Phi) is 5.55. The monoisotopic (exact) mass is 350 g/mol. The van der Waals surface area contributed by atoms with Crippen molar-refractivity contribution in [2.75, 3.05) is 0 Å². The van der Waals surface area contributed by atoms with Gasteiger partial charge in [0.2, 0.25) is 0 Å². The lowest BCUT2D eigenvalue weighted by atomic mass is 9.57. The molecule has 2 aliphatic carbocycles. The maximum atomic E-state index is 12.0. The second-order valence-electron chi connectivity index (χ2n) is 9.06. The Morgan fingerprint density at radius 1 is 1.27 bits per heavy atom. The number of benzene rings is 1. The highest BCUT2D eigenvalue weighted by atomic mass is 16.1. The van der Waals surface area contributed by atoms with E-state index in [2.05, 4.69) is 46.4 Å². The van der Waals surface area contributed by atoms with Crippen LogP contribution in [0, 0.1) is 11.3 Å². The van der Waals surface area contributed by atoms with Crippen molar-refractivity contribution in [3.05, 3.63) is 52.1 Å². The molecule has 26 heavy (non-hydrogen) atoms. The lowest BCUT2D eigenvalue weighted by Crippen LogP contribution is -2.38. The average Bonchev–Trinajstić information content (AvgIpc) is 2.60. The van der Waals surface area contributed by atoms with Gasteiger partial charge in [0.15, 0.2) is 6.29 Å². The van der Waals surface area contributed by atoms with Crippen LogP contribution in [0.15, 0.2) is 24.3 Å². The number of aldehydes is 1. The molecule has 0 saturated heterocycles. The topological polar surface area (TPSA) is 17.1 Å². The van der Waals surface area contributed by atoms with Crippen LogP contribution in [0.1, 0.15) is 98.3 Å². The summed E-state index contributed by atoms with van der Waals surface area (Å²) in [4.78, 5) is 12.0. The van der Waals surface area contributed by atoms with Crippen LogP contribution in [0.4, 0.5) is 0 Å². The van der Waals surface area contributed by atoms with Gasteiger partial charge in [-0.1, -0.05) is 64.0 Å². The lowest BCUT2D eigenvalue weighted by molar-refractivity contribution is 0.112. The van der Waals surface area contributed by atoms with Crippen molar-refractivity contribution in [2.45, 2.75) is 78.6 Å². The molecule has 0 saturated carbocycles. The molecule has 0 amide bonds. The molecular weight excluding hydrogens is 316 g/mol. The highest BCUT2D eigenvalue weighted by Gasteiger charge is 2.43. The molecule has 1 aromatic carbocycles. The van der Waals surface area contributed by atoms with Gasteiger partial charge in [-0.2, -0.15) is 0 Å². The van der Waals surface area contributed by atoms with Crippen molar-refractivity contribution < 1.29 is 4.79 Å². The first kappa shape index (κ1) is 19.1. The van der Waals surface area contributed by atoms with E-state index in [4.69, 9.17) is 0 Å². The summed E-state index contributed by atoms with van der Waals surface area (Å²) in [5.74, 6) is 1.08. The summed E-state index contributed by atoms with van der Waals surface area (Å²) in [6.07, 6.45) is 13.6. The Morgan fingerprint density at radius 2 is 2.04 bits per heavy atom. The SMILES string of the molecule is C=Cc1c(C=O)c(CCCCC)cc2c1C1C=C(C)CCC1C(C)(C)C2. The zero-order valence-electron chi connectivity index (χ0n) is 17.0. The molecule has 3 rings (SSSR count). The van der Waals surface area contributed by atoms with E-state index < -0.39 is 0 Å². The summed E-state index contributed by atoms with van der Waals surface area (Å²) in [6, 6.07) is 2.36. The lowest BCUT2D eigenvalue weighted by Gasteiger charge is -2.47. The van der Waals surface area contributed by atoms with Crippen molar-refractivity contribution in [2.24, 2.45) is 11.3 Å². The largest absolute Gasteiger partial charge is 0.298 e. The van der Waals surface area contributed by atoms with E-state index in [9.17, 15) is 4.79 Å². The Labute approximate surface area is 159 Å². The summed E-state index contributed by atoms with van der Waals surface area (Å²) in [5, 5.41) is 0. The number of carbonyl (C=O) groups excluding carboxylic acids is 1. The number of carbonyl (C=O) groups is 1. The smallest absolute Gasteiger partial charge is 0.150 e. The molecule has 0 fully saturated rings. The van der Waals surface area contributed by atoms with E-state index in [0.717, 1.165) is 36.7 Å². The third-order valence-electron chi connectivity index (χ3n) is 6.72. The Bertz CT molecular complexity index is 735. The maximum Gasteiger partial charge on any atom is 0.150 e. The predicted octanol–water partition coefficient (Wildman–Crippen LogP) is 6.90.